The Morgan fingerprint density at radius 2 is 1.96 bits per heavy atom. The lowest BCUT2D eigenvalue weighted by Crippen LogP contribution is -2.23. The minimum absolute atomic E-state index is 0.00554. The van der Waals surface area contributed by atoms with E-state index in [-0.39, 0.29) is 27.4 Å². The zero-order valence-corrected chi connectivity index (χ0v) is 14.8. The van der Waals surface area contributed by atoms with E-state index in [0.29, 0.717) is 0 Å². The van der Waals surface area contributed by atoms with Crippen LogP contribution in [0.2, 0.25) is 10.0 Å². The molecule has 1 N–H and O–H groups in total. The largest absolute Gasteiger partial charge is 0.479 e. The summed E-state index contributed by atoms with van der Waals surface area (Å²) in [6.45, 7) is 1.29. The number of aromatic nitrogens is 2. The van der Waals surface area contributed by atoms with Gasteiger partial charge in [-0.25, -0.2) is 18.3 Å². The summed E-state index contributed by atoms with van der Waals surface area (Å²) < 4.78 is 37.5. The average Bonchev–Trinajstić information content (AvgIpc) is 2.87. The Kier molecular flexibility index (Phi) is 5.90. The van der Waals surface area contributed by atoms with Crippen LogP contribution in [-0.4, -0.2) is 27.0 Å². The van der Waals surface area contributed by atoms with Crippen molar-refractivity contribution >= 4 is 29.2 Å². The maximum atomic E-state index is 13.0. The predicted octanol–water partition coefficient (Wildman–Crippen LogP) is 4.18. The summed E-state index contributed by atoms with van der Waals surface area (Å²) in [5, 5.41) is 21.6. The molecule has 2 rings (SSSR count). The molecule has 1 aromatic heterocycles. The number of nitrogens with zero attached hydrogens (tertiary/aromatic N) is 3. The minimum Gasteiger partial charge on any atom is -0.479 e. The average molecular weight is 406 g/mol. The third kappa shape index (κ3) is 3.98. The van der Waals surface area contributed by atoms with Crippen molar-refractivity contribution in [2.75, 3.05) is 0 Å². The van der Waals surface area contributed by atoms with Crippen LogP contribution in [0.5, 0.6) is 17.4 Å². The summed E-state index contributed by atoms with van der Waals surface area (Å²) in [6, 6.07) is 4.04. The van der Waals surface area contributed by atoms with E-state index in [4.69, 9.17) is 43.0 Å². The smallest absolute Gasteiger partial charge is 0.344 e. The molecule has 0 spiro atoms. The summed E-state index contributed by atoms with van der Waals surface area (Å²) in [7, 11) is 1.32. The number of benzene rings is 1. The molecule has 1 heterocycles. The maximum absolute atomic E-state index is 13.0. The highest BCUT2D eigenvalue weighted by Gasteiger charge is 2.26. The number of aliphatic carboxylic acids is 1. The van der Waals surface area contributed by atoms with Gasteiger partial charge >= 0.3 is 5.97 Å². The fraction of sp³-hybridized carbons (Fsp3) is 0.267. The highest BCUT2D eigenvalue weighted by molar-refractivity contribution is 6.36. The zero-order chi connectivity index (χ0) is 19.6. The van der Waals surface area contributed by atoms with Crippen LogP contribution in [0.25, 0.3) is 0 Å². The summed E-state index contributed by atoms with van der Waals surface area (Å²) in [6.07, 6.45) is -4.18. The first-order chi connectivity index (χ1) is 12.1. The van der Waals surface area contributed by atoms with Gasteiger partial charge in [-0.2, -0.15) is 10.4 Å². The Labute approximate surface area is 156 Å². The van der Waals surface area contributed by atoms with E-state index in [1.165, 1.54) is 26.1 Å². The van der Waals surface area contributed by atoms with Crippen LogP contribution in [0.1, 0.15) is 24.6 Å². The number of carbonyl (C=O) groups is 1. The van der Waals surface area contributed by atoms with Gasteiger partial charge in [-0.1, -0.05) is 23.2 Å². The summed E-state index contributed by atoms with van der Waals surface area (Å²) in [4.78, 5) is 10.9. The zero-order valence-electron chi connectivity index (χ0n) is 13.3. The topological polar surface area (TPSA) is 97.4 Å². The molecule has 0 aliphatic heterocycles. The summed E-state index contributed by atoms with van der Waals surface area (Å²) in [5.74, 6) is -1.61. The maximum Gasteiger partial charge on any atom is 0.344 e. The second kappa shape index (κ2) is 7.76. The Bertz CT molecular complexity index is 896. The normalized spacial score (nSPS) is 11.9. The Hall–Kier alpha value is -2.57. The lowest BCUT2D eigenvalue weighted by atomic mass is 10.2. The van der Waals surface area contributed by atoms with Gasteiger partial charge in [0.15, 0.2) is 17.5 Å². The fourth-order valence-electron chi connectivity index (χ4n) is 1.93. The van der Waals surface area contributed by atoms with Crippen LogP contribution >= 0.6 is 23.2 Å². The highest BCUT2D eigenvalue weighted by Crippen LogP contribution is 2.40. The molecular weight excluding hydrogens is 395 g/mol. The molecule has 2 aromatic rings. The third-order valence-electron chi connectivity index (χ3n) is 3.18. The van der Waals surface area contributed by atoms with Gasteiger partial charge in [0.1, 0.15) is 17.4 Å². The molecule has 7 nitrogen and oxygen atoms in total. The van der Waals surface area contributed by atoms with Gasteiger partial charge in [0.2, 0.25) is 5.88 Å². The van der Waals surface area contributed by atoms with E-state index in [0.717, 1.165) is 4.68 Å². The molecule has 0 bridgehead atoms. The van der Waals surface area contributed by atoms with E-state index >= 15 is 0 Å². The highest BCUT2D eigenvalue weighted by atomic mass is 35.5. The second-order valence-corrected chi connectivity index (χ2v) is 5.83. The number of carboxylic acids is 1. The van der Waals surface area contributed by atoms with Crippen LogP contribution in [-0.2, 0) is 11.8 Å². The summed E-state index contributed by atoms with van der Waals surface area (Å²) >= 11 is 12.0. The number of hydrogen-bond acceptors (Lipinski definition) is 5. The molecule has 0 saturated heterocycles. The molecule has 11 heteroatoms. The van der Waals surface area contributed by atoms with Gasteiger partial charge in [-0.3, -0.25) is 0 Å². The van der Waals surface area contributed by atoms with Gasteiger partial charge in [-0.05, 0) is 13.0 Å². The molecule has 0 amide bonds. The molecule has 0 radical (unpaired) electrons. The first-order valence-corrected chi connectivity index (χ1v) is 7.72. The van der Waals surface area contributed by atoms with Crippen molar-refractivity contribution in [1.29, 1.82) is 5.26 Å². The first kappa shape index (κ1) is 19.8. The van der Waals surface area contributed by atoms with Crippen LogP contribution in [0.4, 0.5) is 8.78 Å². The molecule has 1 atom stereocenters. The van der Waals surface area contributed by atoms with Crippen molar-refractivity contribution in [3.05, 3.63) is 33.4 Å². The lowest BCUT2D eigenvalue weighted by Gasteiger charge is -2.14. The number of ether oxygens (including phenoxy) is 2. The lowest BCUT2D eigenvalue weighted by molar-refractivity contribution is -0.144. The van der Waals surface area contributed by atoms with Gasteiger partial charge in [0.25, 0.3) is 6.43 Å². The van der Waals surface area contributed by atoms with Crippen molar-refractivity contribution in [3.8, 4) is 23.4 Å². The number of hydrogen-bond donors (Lipinski definition) is 1. The van der Waals surface area contributed by atoms with E-state index < -0.39 is 29.8 Å². The van der Waals surface area contributed by atoms with Crippen molar-refractivity contribution in [2.24, 2.45) is 7.05 Å². The number of nitriles is 1. The standard InChI is InChI=1S/C15H11Cl2F2N3O4/c1-6(15(23)24)25-10-4-11(9(17)3-8(10)16)26-14-7(5-20)12(13(18)19)21-22(14)2/h3-4,6,13H,1-2H3,(H,23,24)/t6-/m0/s1. The number of halogens is 4. The fourth-order valence-corrected chi connectivity index (χ4v) is 2.39. The van der Waals surface area contributed by atoms with Gasteiger partial charge in [-0.15, -0.1) is 0 Å². The molecule has 0 aliphatic rings. The predicted molar refractivity (Wildman–Crippen MR) is 87.1 cm³/mol. The van der Waals surface area contributed by atoms with Crippen molar-refractivity contribution in [1.82, 2.24) is 9.78 Å². The SMILES string of the molecule is C[C@H](Oc1cc(Oc2c(C#N)c(C(F)F)nn2C)c(Cl)cc1Cl)C(=O)O. The molecule has 138 valence electrons. The van der Waals surface area contributed by atoms with Crippen LogP contribution in [0.15, 0.2) is 12.1 Å². The van der Waals surface area contributed by atoms with Gasteiger partial charge in [0.05, 0.1) is 10.0 Å². The van der Waals surface area contributed by atoms with Crippen molar-refractivity contribution in [2.45, 2.75) is 19.5 Å². The molecular formula is C15H11Cl2F2N3O4. The number of aryl methyl sites for hydroxylation is 1. The van der Waals surface area contributed by atoms with Crippen LogP contribution in [0.3, 0.4) is 0 Å². The first-order valence-electron chi connectivity index (χ1n) is 6.97. The molecule has 0 aliphatic carbocycles. The van der Waals surface area contributed by atoms with Crippen molar-refractivity contribution < 1.29 is 28.2 Å². The van der Waals surface area contributed by atoms with Crippen LogP contribution < -0.4 is 9.47 Å². The number of alkyl halides is 2. The van der Waals surface area contributed by atoms with Crippen LogP contribution in [0, 0.1) is 11.3 Å². The van der Waals surface area contributed by atoms with Gasteiger partial charge in [0, 0.05) is 13.1 Å². The Morgan fingerprint density at radius 3 is 2.50 bits per heavy atom. The number of rotatable bonds is 6. The van der Waals surface area contributed by atoms with Crippen molar-refractivity contribution in [3.63, 3.8) is 0 Å². The quantitative estimate of drug-likeness (QED) is 0.773. The molecule has 0 saturated carbocycles. The third-order valence-corrected chi connectivity index (χ3v) is 3.78. The van der Waals surface area contributed by atoms with E-state index in [2.05, 4.69) is 5.10 Å². The number of carboxylic acid groups (broad SMARTS) is 1. The Morgan fingerprint density at radius 1 is 1.35 bits per heavy atom. The minimum atomic E-state index is -2.97. The van der Waals surface area contributed by atoms with E-state index in [1.807, 2.05) is 0 Å². The summed E-state index contributed by atoms with van der Waals surface area (Å²) in [5.41, 5.74) is -1.18. The van der Waals surface area contributed by atoms with E-state index in [9.17, 15) is 13.6 Å². The molecule has 0 fully saturated rings. The monoisotopic (exact) mass is 405 g/mol. The molecule has 1 aromatic carbocycles. The van der Waals surface area contributed by atoms with E-state index in [1.54, 1.807) is 6.07 Å². The second-order valence-electron chi connectivity index (χ2n) is 5.01. The Balaban J connectivity index is 2.45. The molecule has 26 heavy (non-hydrogen) atoms. The van der Waals surface area contributed by atoms with Gasteiger partial charge < -0.3 is 14.6 Å². The molecule has 0 unspecified atom stereocenters.